The Labute approximate surface area is 109 Å². The van der Waals surface area contributed by atoms with Crippen molar-refractivity contribution >= 4 is 38.6 Å². The SMILES string of the molecule is BrCCCCCSc1cc2ccccc2[nH]1. The van der Waals surface area contributed by atoms with Gasteiger partial charge >= 0.3 is 0 Å². The van der Waals surface area contributed by atoms with Gasteiger partial charge in [-0.2, -0.15) is 0 Å². The number of thioether (sulfide) groups is 1. The van der Waals surface area contributed by atoms with E-state index in [9.17, 15) is 0 Å². The maximum absolute atomic E-state index is 3.46. The number of nitrogens with one attached hydrogen (secondary N) is 1. The fraction of sp³-hybridized carbons (Fsp3) is 0.385. The molecule has 0 fully saturated rings. The third-order valence-electron chi connectivity index (χ3n) is 2.54. The van der Waals surface area contributed by atoms with Crippen LogP contribution in [0.4, 0.5) is 0 Å². The first kappa shape index (κ1) is 12.1. The average molecular weight is 298 g/mol. The molecule has 3 heteroatoms. The van der Waals surface area contributed by atoms with Crippen molar-refractivity contribution in [1.82, 2.24) is 4.98 Å². The zero-order valence-corrected chi connectivity index (χ0v) is 11.6. The molecule has 2 aromatic rings. The largest absolute Gasteiger partial charge is 0.350 e. The number of fused-ring (bicyclic) bond motifs is 1. The van der Waals surface area contributed by atoms with E-state index in [1.807, 2.05) is 11.8 Å². The van der Waals surface area contributed by atoms with Crippen molar-refractivity contribution in [3.05, 3.63) is 30.3 Å². The lowest BCUT2D eigenvalue weighted by atomic mass is 10.3. The number of aromatic amines is 1. The van der Waals surface area contributed by atoms with Crippen molar-refractivity contribution < 1.29 is 0 Å². The molecule has 0 amide bonds. The van der Waals surface area contributed by atoms with Gasteiger partial charge in [-0.25, -0.2) is 0 Å². The first-order valence-electron chi connectivity index (χ1n) is 5.66. The lowest BCUT2D eigenvalue weighted by Crippen LogP contribution is -1.82. The van der Waals surface area contributed by atoms with Crippen LogP contribution in [-0.2, 0) is 0 Å². The van der Waals surface area contributed by atoms with Gasteiger partial charge in [0, 0.05) is 16.2 Å². The van der Waals surface area contributed by atoms with Crippen LogP contribution in [0.5, 0.6) is 0 Å². The first-order chi connectivity index (χ1) is 7.90. The van der Waals surface area contributed by atoms with Gasteiger partial charge in [0.2, 0.25) is 0 Å². The third-order valence-corrected chi connectivity index (χ3v) is 4.13. The van der Waals surface area contributed by atoms with Gasteiger partial charge in [0.15, 0.2) is 0 Å². The molecule has 0 aliphatic carbocycles. The van der Waals surface area contributed by atoms with E-state index < -0.39 is 0 Å². The zero-order valence-electron chi connectivity index (χ0n) is 9.21. The normalized spacial score (nSPS) is 11.1. The van der Waals surface area contributed by atoms with Crippen LogP contribution < -0.4 is 0 Å². The zero-order chi connectivity index (χ0) is 11.2. The van der Waals surface area contributed by atoms with Gasteiger partial charge < -0.3 is 4.98 Å². The molecule has 1 N–H and O–H groups in total. The molecule has 16 heavy (non-hydrogen) atoms. The van der Waals surface area contributed by atoms with Crippen LogP contribution in [0.2, 0.25) is 0 Å². The smallest absolute Gasteiger partial charge is 0.0732 e. The van der Waals surface area contributed by atoms with Gasteiger partial charge in [-0.15, -0.1) is 11.8 Å². The molecule has 86 valence electrons. The van der Waals surface area contributed by atoms with Crippen molar-refractivity contribution in [1.29, 1.82) is 0 Å². The molecule has 1 aromatic carbocycles. The first-order valence-corrected chi connectivity index (χ1v) is 7.77. The fourth-order valence-corrected chi connectivity index (χ4v) is 3.04. The van der Waals surface area contributed by atoms with E-state index in [0.717, 1.165) is 5.33 Å². The van der Waals surface area contributed by atoms with Gasteiger partial charge in [-0.1, -0.05) is 40.5 Å². The average Bonchev–Trinajstić information content (AvgIpc) is 2.71. The van der Waals surface area contributed by atoms with Gasteiger partial charge in [0.1, 0.15) is 0 Å². The Hall–Kier alpha value is -0.410. The molecular weight excluding hydrogens is 282 g/mol. The minimum atomic E-state index is 1.13. The van der Waals surface area contributed by atoms with E-state index >= 15 is 0 Å². The molecule has 0 radical (unpaired) electrons. The van der Waals surface area contributed by atoms with Crippen LogP contribution in [-0.4, -0.2) is 16.1 Å². The molecule has 0 aliphatic rings. The van der Waals surface area contributed by atoms with E-state index in [1.54, 1.807) is 0 Å². The molecule has 0 spiro atoms. The van der Waals surface area contributed by atoms with Crippen molar-refractivity contribution in [2.45, 2.75) is 24.3 Å². The second kappa shape index (κ2) is 6.36. The summed E-state index contributed by atoms with van der Waals surface area (Å²) in [5.41, 5.74) is 1.24. The van der Waals surface area contributed by atoms with Gasteiger partial charge in [0.05, 0.1) is 5.03 Å². The van der Waals surface area contributed by atoms with E-state index in [1.165, 1.54) is 40.9 Å². The highest BCUT2D eigenvalue weighted by Gasteiger charge is 1.99. The molecule has 0 saturated heterocycles. The Morgan fingerprint density at radius 1 is 1.12 bits per heavy atom. The highest BCUT2D eigenvalue weighted by Crippen LogP contribution is 2.23. The number of hydrogen-bond acceptors (Lipinski definition) is 1. The number of hydrogen-bond donors (Lipinski definition) is 1. The van der Waals surface area contributed by atoms with Gasteiger partial charge in [-0.05, 0) is 30.7 Å². The molecule has 0 aliphatic heterocycles. The minimum Gasteiger partial charge on any atom is -0.350 e. The van der Waals surface area contributed by atoms with Crippen LogP contribution in [0.3, 0.4) is 0 Å². The number of rotatable bonds is 6. The second-order valence-corrected chi connectivity index (χ2v) is 5.75. The van der Waals surface area contributed by atoms with Crippen LogP contribution in [0, 0.1) is 0 Å². The summed E-state index contributed by atoms with van der Waals surface area (Å²) in [6, 6.07) is 10.7. The Balaban J connectivity index is 1.85. The highest BCUT2D eigenvalue weighted by molar-refractivity contribution is 9.09. The van der Waals surface area contributed by atoms with Gasteiger partial charge in [0.25, 0.3) is 0 Å². The highest BCUT2D eigenvalue weighted by atomic mass is 79.9. The van der Waals surface area contributed by atoms with Crippen LogP contribution in [0.25, 0.3) is 10.9 Å². The topological polar surface area (TPSA) is 15.8 Å². The molecule has 0 atom stereocenters. The van der Waals surface area contributed by atoms with Gasteiger partial charge in [-0.3, -0.25) is 0 Å². The Bertz CT molecular complexity index is 405. The Kier molecular flexibility index (Phi) is 4.79. The molecule has 0 saturated carbocycles. The third kappa shape index (κ3) is 3.29. The number of aromatic nitrogens is 1. The lowest BCUT2D eigenvalue weighted by Gasteiger charge is -1.97. The van der Waals surface area contributed by atoms with E-state index in [0.29, 0.717) is 0 Å². The summed E-state index contributed by atoms with van der Waals surface area (Å²) in [6.45, 7) is 0. The van der Waals surface area contributed by atoms with E-state index in [4.69, 9.17) is 0 Å². The predicted octanol–water partition coefficient (Wildman–Crippen LogP) is 4.83. The lowest BCUT2D eigenvalue weighted by molar-refractivity contribution is 0.788. The summed E-state index contributed by atoms with van der Waals surface area (Å²) in [5, 5.41) is 3.73. The monoisotopic (exact) mass is 297 g/mol. The standard InChI is InChI=1S/C13H16BrNS/c14-8-4-1-5-9-16-13-10-11-6-2-3-7-12(11)15-13/h2-3,6-7,10,15H,1,4-5,8-9H2. The van der Waals surface area contributed by atoms with Crippen molar-refractivity contribution in [3.8, 4) is 0 Å². The van der Waals surface area contributed by atoms with E-state index in [-0.39, 0.29) is 0 Å². The van der Waals surface area contributed by atoms with Crippen molar-refractivity contribution in [2.75, 3.05) is 11.1 Å². The predicted molar refractivity (Wildman–Crippen MR) is 76.7 cm³/mol. The summed E-state index contributed by atoms with van der Waals surface area (Å²) in [6.07, 6.45) is 3.90. The number of unbranched alkanes of at least 4 members (excludes halogenated alkanes) is 2. The maximum Gasteiger partial charge on any atom is 0.0732 e. The fourth-order valence-electron chi connectivity index (χ4n) is 1.68. The molecule has 1 aromatic heterocycles. The summed E-state index contributed by atoms with van der Waals surface area (Å²) in [4.78, 5) is 3.44. The summed E-state index contributed by atoms with van der Waals surface area (Å²) < 4.78 is 0. The number of alkyl halides is 1. The number of H-pyrrole nitrogens is 1. The number of para-hydroxylation sites is 1. The van der Waals surface area contributed by atoms with Crippen LogP contribution >= 0.6 is 27.7 Å². The minimum absolute atomic E-state index is 1.13. The molecule has 2 rings (SSSR count). The van der Waals surface area contributed by atoms with Crippen LogP contribution in [0.1, 0.15) is 19.3 Å². The summed E-state index contributed by atoms with van der Waals surface area (Å²) in [5.74, 6) is 1.21. The number of benzene rings is 1. The van der Waals surface area contributed by atoms with Crippen molar-refractivity contribution in [2.24, 2.45) is 0 Å². The molecule has 1 heterocycles. The Morgan fingerprint density at radius 2 is 2.00 bits per heavy atom. The Morgan fingerprint density at radius 3 is 2.81 bits per heavy atom. The maximum atomic E-state index is 3.46. The summed E-state index contributed by atoms with van der Waals surface area (Å²) in [7, 11) is 0. The molecular formula is C13H16BrNS. The van der Waals surface area contributed by atoms with Crippen molar-refractivity contribution in [3.63, 3.8) is 0 Å². The second-order valence-electron chi connectivity index (χ2n) is 3.82. The summed E-state index contributed by atoms with van der Waals surface area (Å²) >= 11 is 5.38. The van der Waals surface area contributed by atoms with Crippen LogP contribution in [0.15, 0.2) is 35.4 Å². The molecule has 1 nitrogen and oxygen atoms in total. The molecule has 0 unspecified atom stereocenters. The quantitative estimate of drug-likeness (QED) is 0.459. The van der Waals surface area contributed by atoms with E-state index in [2.05, 4.69) is 51.2 Å². The molecule has 0 bridgehead atoms. The number of halogens is 1.